The molecule has 0 aliphatic carbocycles. The van der Waals surface area contributed by atoms with Gasteiger partial charge in [-0.2, -0.15) is 4.58 Å². The van der Waals surface area contributed by atoms with E-state index in [1.165, 1.54) is 32.9 Å². The van der Waals surface area contributed by atoms with Crippen LogP contribution in [-0.4, -0.2) is 46.2 Å². The van der Waals surface area contributed by atoms with Crippen molar-refractivity contribution in [3.05, 3.63) is 51.9 Å². The minimum Gasteiger partial charge on any atom is -0.325 e. The zero-order valence-electron chi connectivity index (χ0n) is 21.8. The van der Waals surface area contributed by atoms with Gasteiger partial charge in [-0.25, -0.2) is 0 Å². The quantitative estimate of drug-likeness (QED) is 0.328. The Balaban J connectivity index is 0.000000764. The molecule has 3 rings (SSSR count). The number of rotatable bonds is 6. The van der Waals surface area contributed by atoms with Crippen molar-refractivity contribution in [2.45, 2.75) is 73.3 Å². The normalized spacial score (nSPS) is 18.1. The molecule has 1 atom stereocenters. The van der Waals surface area contributed by atoms with E-state index in [1.54, 1.807) is 12.3 Å². The average molecular weight is 546 g/mol. The van der Waals surface area contributed by atoms with Gasteiger partial charge in [0.25, 0.3) is 5.91 Å². The van der Waals surface area contributed by atoms with Crippen LogP contribution in [0.2, 0.25) is 0 Å². The van der Waals surface area contributed by atoms with Crippen LogP contribution in [-0.2, 0) is 9.59 Å². The lowest BCUT2D eigenvalue weighted by Gasteiger charge is -2.16. The van der Waals surface area contributed by atoms with Crippen LogP contribution in [0.25, 0.3) is 0 Å². The first-order valence-electron chi connectivity index (χ1n) is 12.3. The zero-order valence-corrected chi connectivity index (χ0v) is 23.4. The number of carbonyl (C=O) groups excluding carboxylic acids is 2. The summed E-state index contributed by atoms with van der Waals surface area (Å²) in [6.07, 6.45) is 12.3. The first kappa shape index (κ1) is 28.7. The largest absolute Gasteiger partial charge is 0.325 e. The number of halogens is 1. The molecule has 2 amide bonds. The molecule has 0 radical (unpaired) electrons. The Morgan fingerprint density at radius 2 is 1.86 bits per heavy atom. The monoisotopic (exact) mass is 544 g/mol. The molecule has 2 aliphatic heterocycles. The van der Waals surface area contributed by atoms with Crippen molar-refractivity contribution in [2.24, 2.45) is 0 Å². The van der Waals surface area contributed by atoms with E-state index in [4.69, 9.17) is 0 Å². The van der Waals surface area contributed by atoms with Crippen LogP contribution < -0.4 is 16.0 Å². The van der Waals surface area contributed by atoms with Crippen molar-refractivity contribution in [3.8, 4) is 0 Å². The number of anilines is 2. The van der Waals surface area contributed by atoms with Gasteiger partial charge in [-0.3, -0.25) is 14.6 Å². The van der Waals surface area contributed by atoms with Crippen LogP contribution in [0, 0.1) is 6.92 Å². The third kappa shape index (κ3) is 8.54. The summed E-state index contributed by atoms with van der Waals surface area (Å²) in [5, 5.41) is 8.88. The maximum absolute atomic E-state index is 13.1. The van der Waals surface area contributed by atoms with Gasteiger partial charge in [0.1, 0.15) is 0 Å². The van der Waals surface area contributed by atoms with Crippen molar-refractivity contribution in [1.82, 2.24) is 10.3 Å². The second-order valence-electron chi connectivity index (χ2n) is 8.75. The predicted octanol–water partition coefficient (Wildman–Crippen LogP) is 5.44. The number of nitrogens with zero attached hydrogens (tertiary/aromatic N) is 2. The number of amides is 2. The molecule has 0 bridgehead atoms. The minimum atomic E-state index is -0.188. The van der Waals surface area contributed by atoms with Gasteiger partial charge >= 0.3 is 0 Å². The summed E-state index contributed by atoms with van der Waals surface area (Å²) in [6, 6.07) is 1.89. The van der Waals surface area contributed by atoms with E-state index in [0.717, 1.165) is 28.7 Å². The highest BCUT2D eigenvalue weighted by atomic mass is 79.9. The van der Waals surface area contributed by atoms with Crippen molar-refractivity contribution in [3.63, 3.8) is 0 Å². The molecule has 1 aromatic heterocycles. The van der Waals surface area contributed by atoms with E-state index in [0.29, 0.717) is 22.6 Å². The molecular formula is C27H39BrN5O2+. The number of aryl methyl sites for hydroxylation is 1. The van der Waals surface area contributed by atoms with Crippen molar-refractivity contribution in [2.75, 3.05) is 23.7 Å². The second-order valence-corrected chi connectivity index (χ2v) is 9.67. The fourth-order valence-corrected chi connectivity index (χ4v) is 4.60. The van der Waals surface area contributed by atoms with E-state index in [9.17, 15) is 9.59 Å². The van der Waals surface area contributed by atoms with Crippen molar-refractivity contribution < 1.29 is 14.2 Å². The number of aromatic nitrogens is 1. The molecule has 1 saturated heterocycles. The molecular weight excluding hydrogens is 506 g/mol. The molecule has 3 heterocycles. The molecule has 8 heteroatoms. The van der Waals surface area contributed by atoms with Gasteiger partial charge in [-0.15, -0.1) is 0 Å². The molecule has 1 fully saturated rings. The van der Waals surface area contributed by atoms with Crippen molar-refractivity contribution in [1.29, 1.82) is 0 Å². The minimum absolute atomic E-state index is 0.167. The Hall–Kier alpha value is -2.58. The van der Waals surface area contributed by atoms with E-state index in [1.807, 2.05) is 13.8 Å². The highest BCUT2D eigenvalue weighted by Crippen LogP contribution is 2.23. The van der Waals surface area contributed by atoms with Crippen LogP contribution >= 0.6 is 15.9 Å². The third-order valence-corrected chi connectivity index (χ3v) is 6.46. The lowest BCUT2D eigenvalue weighted by atomic mass is 10.1. The highest BCUT2D eigenvalue weighted by Gasteiger charge is 2.28. The van der Waals surface area contributed by atoms with Crippen LogP contribution in [0.5, 0.6) is 0 Å². The number of nitrogens with one attached hydrogen (secondary N) is 3. The summed E-state index contributed by atoms with van der Waals surface area (Å²) in [5.41, 5.74) is 4.51. The fourth-order valence-electron chi connectivity index (χ4n) is 4.12. The second kappa shape index (κ2) is 14.1. The third-order valence-electron chi connectivity index (χ3n) is 5.97. The zero-order chi connectivity index (χ0) is 26.0. The van der Waals surface area contributed by atoms with E-state index < -0.39 is 0 Å². The molecule has 3 N–H and O–H groups in total. The standard InChI is InChI=1S/C23H29BrN4O2.C4H9N/c1-7-20-10-9-18(24)11-14(3)28(20)22(8-2)15(4)23(30)27-21-12-19(26-17(6)29)13-25-16(21)5;1-2-4-5-3-1/h9-13,20H,7-8H2,1-6H3,(H-,26,27,29,30);5H,1-4H2/p+1/b22-15+;. The molecule has 190 valence electrons. The van der Waals surface area contributed by atoms with E-state index >= 15 is 0 Å². The Labute approximate surface area is 218 Å². The number of allylic oxidation sites excluding steroid dienone is 4. The summed E-state index contributed by atoms with van der Waals surface area (Å²) in [7, 11) is 0. The lowest BCUT2D eigenvalue weighted by molar-refractivity contribution is -0.509. The number of hydrogen-bond acceptors (Lipinski definition) is 4. The predicted molar refractivity (Wildman–Crippen MR) is 148 cm³/mol. The maximum atomic E-state index is 13.1. The molecule has 0 saturated carbocycles. The van der Waals surface area contributed by atoms with E-state index in [2.05, 4.69) is 80.4 Å². The van der Waals surface area contributed by atoms with E-state index in [-0.39, 0.29) is 17.9 Å². The van der Waals surface area contributed by atoms with Crippen LogP contribution in [0.4, 0.5) is 11.4 Å². The van der Waals surface area contributed by atoms with Gasteiger partial charge in [-0.05, 0) is 58.0 Å². The lowest BCUT2D eigenvalue weighted by Crippen LogP contribution is -2.30. The Morgan fingerprint density at radius 3 is 2.40 bits per heavy atom. The van der Waals surface area contributed by atoms with Gasteiger partial charge in [0.15, 0.2) is 17.5 Å². The van der Waals surface area contributed by atoms with Crippen LogP contribution in [0.15, 0.2) is 46.2 Å². The Kier molecular flexibility index (Phi) is 11.5. The van der Waals surface area contributed by atoms with Gasteiger partial charge in [-0.1, -0.05) is 29.8 Å². The molecule has 1 unspecified atom stereocenters. The average Bonchev–Trinajstić information content (AvgIpc) is 3.36. The van der Waals surface area contributed by atoms with Gasteiger partial charge in [0, 0.05) is 37.2 Å². The van der Waals surface area contributed by atoms with Gasteiger partial charge < -0.3 is 16.0 Å². The van der Waals surface area contributed by atoms with Gasteiger partial charge in [0.2, 0.25) is 5.91 Å². The molecule has 1 aromatic rings. The van der Waals surface area contributed by atoms with Gasteiger partial charge in [0.05, 0.1) is 28.8 Å². The molecule has 7 nitrogen and oxygen atoms in total. The number of carbonyl (C=O) groups is 2. The fraction of sp³-hybridized carbons (Fsp3) is 0.481. The molecule has 2 aliphatic rings. The van der Waals surface area contributed by atoms with Crippen LogP contribution in [0.1, 0.15) is 66.0 Å². The summed E-state index contributed by atoms with van der Waals surface area (Å²) in [4.78, 5) is 28.7. The van der Waals surface area contributed by atoms with Crippen LogP contribution in [0.3, 0.4) is 0 Å². The first-order valence-corrected chi connectivity index (χ1v) is 13.1. The molecule has 35 heavy (non-hydrogen) atoms. The summed E-state index contributed by atoms with van der Waals surface area (Å²) in [6.45, 7) is 13.9. The molecule has 0 spiro atoms. The number of pyridine rings is 1. The summed E-state index contributed by atoms with van der Waals surface area (Å²) >= 11 is 3.57. The topological polar surface area (TPSA) is 86.1 Å². The maximum Gasteiger partial charge on any atom is 0.257 e. The summed E-state index contributed by atoms with van der Waals surface area (Å²) < 4.78 is 3.24. The SMILES string of the molecule is C1CCNC1.CC/C(=C(/C)C(=O)Nc1cc(NC(C)=O)cnc1C)[N+]1=C(C)C=C(Br)C=CC1CC. The Morgan fingerprint density at radius 1 is 1.17 bits per heavy atom. The number of hydrogen-bond donors (Lipinski definition) is 3. The smallest absolute Gasteiger partial charge is 0.257 e. The summed E-state index contributed by atoms with van der Waals surface area (Å²) in [5.74, 6) is -0.372. The highest BCUT2D eigenvalue weighted by molar-refractivity contribution is 9.11. The first-order chi connectivity index (χ1) is 16.7. The Bertz CT molecular complexity index is 1040. The molecule has 0 aromatic carbocycles. The van der Waals surface area contributed by atoms with Crippen molar-refractivity contribution >= 4 is 44.8 Å².